The fourth-order valence-electron chi connectivity index (χ4n) is 2.03. The summed E-state index contributed by atoms with van der Waals surface area (Å²) in [4.78, 5) is 15.9. The maximum absolute atomic E-state index is 11.9. The van der Waals surface area contributed by atoms with Crippen LogP contribution in [0.1, 0.15) is 22.5 Å². The number of hydrogen-bond donors (Lipinski definition) is 1. The van der Waals surface area contributed by atoms with Crippen molar-refractivity contribution in [3.63, 3.8) is 0 Å². The van der Waals surface area contributed by atoms with E-state index in [4.69, 9.17) is 0 Å². The van der Waals surface area contributed by atoms with Crippen LogP contribution < -0.4 is 5.32 Å². The zero-order valence-electron chi connectivity index (χ0n) is 12.2. The Morgan fingerprint density at radius 2 is 1.95 bits per heavy atom. The minimum Gasteiger partial charge on any atom is -0.354 e. The summed E-state index contributed by atoms with van der Waals surface area (Å²) < 4.78 is 1.76. The first kappa shape index (κ1) is 14.2. The maximum atomic E-state index is 11.9. The summed E-state index contributed by atoms with van der Waals surface area (Å²) in [5, 5.41) is 7.28. The predicted octanol–water partition coefficient (Wildman–Crippen LogP) is 1.56. The molecular weight excluding hydrogens is 252 g/mol. The molecule has 106 valence electrons. The van der Waals surface area contributed by atoms with Crippen molar-refractivity contribution >= 4 is 5.91 Å². The molecule has 0 radical (unpaired) electrons. The third-order valence-electron chi connectivity index (χ3n) is 3.52. The molecule has 0 aliphatic carbocycles. The summed E-state index contributed by atoms with van der Waals surface area (Å²) >= 11 is 0. The van der Waals surface area contributed by atoms with E-state index in [2.05, 4.69) is 15.4 Å². The second kappa shape index (κ2) is 6.32. The Bertz CT molecular complexity index is 589. The first-order valence-electron chi connectivity index (χ1n) is 6.74. The fraction of sp³-hybridized carbons (Fsp3) is 0.400. The van der Waals surface area contributed by atoms with Crippen LogP contribution in [0.3, 0.4) is 0 Å². The van der Waals surface area contributed by atoms with Crippen molar-refractivity contribution in [3.8, 4) is 0 Å². The van der Waals surface area contributed by atoms with E-state index in [1.807, 2.05) is 32.9 Å². The lowest BCUT2D eigenvalue weighted by atomic mass is 10.2. The van der Waals surface area contributed by atoms with Gasteiger partial charge in [0.1, 0.15) is 6.54 Å². The molecule has 5 heteroatoms. The highest BCUT2D eigenvalue weighted by atomic mass is 16.2. The fourth-order valence-corrected chi connectivity index (χ4v) is 2.03. The smallest absolute Gasteiger partial charge is 0.241 e. The van der Waals surface area contributed by atoms with Crippen molar-refractivity contribution in [2.45, 2.75) is 33.7 Å². The first-order valence-corrected chi connectivity index (χ1v) is 6.74. The molecule has 0 spiro atoms. The van der Waals surface area contributed by atoms with Crippen LogP contribution in [-0.2, 0) is 17.8 Å². The van der Waals surface area contributed by atoms with Gasteiger partial charge in [-0.05, 0) is 50.5 Å². The molecule has 0 aliphatic heterocycles. The van der Waals surface area contributed by atoms with E-state index in [9.17, 15) is 4.79 Å². The lowest BCUT2D eigenvalue weighted by Gasteiger charge is -2.07. The molecule has 0 bridgehead atoms. The normalized spacial score (nSPS) is 10.6. The molecule has 0 saturated heterocycles. The predicted molar refractivity (Wildman–Crippen MR) is 77.4 cm³/mol. The Kier molecular flexibility index (Phi) is 4.50. The topological polar surface area (TPSA) is 59.8 Å². The molecule has 0 fully saturated rings. The van der Waals surface area contributed by atoms with Gasteiger partial charge in [0.2, 0.25) is 5.91 Å². The monoisotopic (exact) mass is 272 g/mol. The van der Waals surface area contributed by atoms with E-state index in [0.717, 1.165) is 23.4 Å². The van der Waals surface area contributed by atoms with Crippen molar-refractivity contribution in [2.75, 3.05) is 6.54 Å². The Labute approximate surface area is 119 Å². The largest absolute Gasteiger partial charge is 0.354 e. The van der Waals surface area contributed by atoms with Gasteiger partial charge >= 0.3 is 0 Å². The maximum Gasteiger partial charge on any atom is 0.241 e. The molecule has 2 aromatic heterocycles. The van der Waals surface area contributed by atoms with Gasteiger partial charge in [0, 0.05) is 24.6 Å². The second-order valence-electron chi connectivity index (χ2n) is 4.91. The van der Waals surface area contributed by atoms with Crippen LogP contribution in [0.4, 0.5) is 0 Å². The average Bonchev–Trinajstić information content (AvgIpc) is 2.67. The highest BCUT2D eigenvalue weighted by molar-refractivity contribution is 5.75. The molecule has 0 saturated carbocycles. The van der Waals surface area contributed by atoms with E-state index in [1.54, 1.807) is 17.1 Å². The van der Waals surface area contributed by atoms with Crippen molar-refractivity contribution in [2.24, 2.45) is 0 Å². The molecule has 2 rings (SSSR count). The van der Waals surface area contributed by atoms with Gasteiger partial charge < -0.3 is 5.32 Å². The summed E-state index contributed by atoms with van der Waals surface area (Å²) in [6.07, 6.45) is 4.33. The van der Waals surface area contributed by atoms with Gasteiger partial charge in [-0.25, -0.2) is 0 Å². The third-order valence-corrected chi connectivity index (χ3v) is 3.52. The SMILES string of the molecule is Cc1nn(CC(=O)NCCc2ccncc2)c(C)c1C. The van der Waals surface area contributed by atoms with Gasteiger partial charge in [0.15, 0.2) is 0 Å². The van der Waals surface area contributed by atoms with E-state index >= 15 is 0 Å². The number of nitrogens with zero attached hydrogens (tertiary/aromatic N) is 3. The molecule has 20 heavy (non-hydrogen) atoms. The van der Waals surface area contributed by atoms with Crippen molar-refractivity contribution in [3.05, 3.63) is 47.0 Å². The van der Waals surface area contributed by atoms with Crippen LogP contribution in [0.25, 0.3) is 0 Å². The summed E-state index contributed by atoms with van der Waals surface area (Å²) in [5.74, 6) is -0.00958. The van der Waals surface area contributed by atoms with E-state index < -0.39 is 0 Å². The summed E-state index contributed by atoms with van der Waals surface area (Å²) in [7, 11) is 0. The molecule has 5 nitrogen and oxygen atoms in total. The number of rotatable bonds is 5. The molecule has 1 amide bonds. The summed E-state index contributed by atoms with van der Waals surface area (Å²) in [5.41, 5.74) is 4.34. The minimum atomic E-state index is -0.00958. The summed E-state index contributed by atoms with van der Waals surface area (Å²) in [6, 6.07) is 3.91. The lowest BCUT2D eigenvalue weighted by Crippen LogP contribution is -2.30. The molecule has 0 aliphatic rings. The Balaban J connectivity index is 1.82. The first-order chi connectivity index (χ1) is 9.58. The molecular formula is C15H20N4O. The number of pyridine rings is 1. The quantitative estimate of drug-likeness (QED) is 0.898. The van der Waals surface area contributed by atoms with E-state index in [-0.39, 0.29) is 12.5 Å². The van der Waals surface area contributed by atoms with Gasteiger partial charge in [0.05, 0.1) is 5.69 Å². The standard InChI is InChI=1S/C15H20N4O/c1-11-12(2)18-19(13(11)3)10-15(20)17-9-6-14-4-7-16-8-5-14/h4-5,7-8H,6,9-10H2,1-3H3,(H,17,20). The molecule has 2 heterocycles. The molecule has 0 atom stereocenters. The number of aryl methyl sites for hydroxylation is 1. The minimum absolute atomic E-state index is 0.00958. The van der Waals surface area contributed by atoms with Crippen LogP contribution >= 0.6 is 0 Å². The van der Waals surface area contributed by atoms with Gasteiger partial charge in [0.25, 0.3) is 0 Å². The van der Waals surface area contributed by atoms with Crippen molar-refractivity contribution in [1.29, 1.82) is 0 Å². The van der Waals surface area contributed by atoms with Gasteiger partial charge in [-0.3, -0.25) is 14.5 Å². The molecule has 1 N–H and O–H groups in total. The Morgan fingerprint density at radius 1 is 1.25 bits per heavy atom. The lowest BCUT2D eigenvalue weighted by molar-refractivity contribution is -0.121. The number of amides is 1. The highest BCUT2D eigenvalue weighted by Crippen LogP contribution is 2.10. The van der Waals surface area contributed by atoms with Crippen LogP contribution in [-0.4, -0.2) is 27.2 Å². The Morgan fingerprint density at radius 3 is 2.55 bits per heavy atom. The van der Waals surface area contributed by atoms with Crippen LogP contribution in [0.15, 0.2) is 24.5 Å². The van der Waals surface area contributed by atoms with Crippen LogP contribution in [0.5, 0.6) is 0 Å². The second-order valence-corrected chi connectivity index (χ2v) is 4.91. The van der Waals surface area contributed by atoms with Gasteiger partial charge in [-0.15, -0.1) is 0 Å². The highest BCUT2D eigenvalue weighted by Gasteiger charge is 2.10. The number of hydrogen-bond acceptors (Lipinski definition) is 3. The van der Waals surface area contributed by atoms with Crippen LogP contribution in [0, 0.1) is 20.8 Å². The number of carbonyl (C=O) groups excluding carboxylic acids is 1. The third kappa shape index (κ3) is 3.44. The van der Waals surface area contributed by atoms with Gasteiger partial charge in [-0.2, -0.15) is 5.10 Å². The van der Waals surface area contributed by atoms with Gasteiger partial charge in [-0.1, -0.05) is 0 Å². The van der Waals surface area contributed by atoms with Crippen molar-refractivity contribution < 1.29 is 4.79 Å². The zero-order valence-corrected chi connectivity index (χ0v) is 12.2. The summed E-state index contributed by atoms with van der Waals surface area (Å²) in [6.45, 7) is 6.87. The Hall–Kier alpha value is -2.17. The molecule has 2 aromatic rings. The molecule has 0 unspecified atom stereocenters. The zero-order chi connectivity index (χ0) is 14.5. The van der Waals surface area contributed by atoms with E-state index in [1.165, 1.54) is 5.56 Å². The number of nitrogens with one attached hydrogen (secondary N) is 1. The number of carbonyl (C=O) groups is 1. The number of aromatic nitrogens is 3. The van der Waals surface area contributed by atoms with E-state index in [0.29, 0.717) is 6.54 Å². The molecule has 0 aromatic carbocycles. The van der Waals surface area contributed by atoms with Crippen molar-refractivity contribution in [1.82, 2.24) is 20.1 Å². The van der Waals surface area contributed by atoms with Crippen LogP contribution in [0.2, 0.25) is 0 Å². The average molecular weight is 272 g/mol.